The van der Waals surface area contributed by atoms with Crippen molar-refractivity contribution < 1.29 is 14.6 Å². The molecule has 0 unspecified atom stereocenters. The van der Waals surface area contributed by atoms with Gasteiger partial charge in [-0.1, -0.05) is 0 Å². The highest BCUT2D eigenvalue weighted by molar-refractivity contribution is 5.51. The molecule has 0 spiro atoms. The van der Waals surface area contributed by atoms with E-state index >= 15 is 0 Å². The molecular formula is C10H11NO3. The van der Waals surface area contributed by atoms with Crippen molar-refractivity contribution in [2.75, 3.05) is 14.2 Å². The van der Waals surface area contributed by atoms with Gasteiger partial charge in [0, 0.05) is 11.6 Å². The second-order valence-electron chi connectivity index (χ2n) is 2.67. The fraction of sp³-hybridized carbons (Fsp3) is 0.300. The van der Waals surface area contributed by atoms with Gasteiger partial charge in [0.05, 0.1) is 26.7 Å². The van der Waals surface area contributed by atoms with Gasteiger partial charge in [0.15, 0.2) is 11.5 Å². The van der Waals surface area contributed by atoms with Gasteiger partial charge in [0.1, 0.15) is 5.75 Å². The van der Waals surface area contributed by atoms with Gasteiger partial charge in [-0.3, -0.25) is 0 Å². The summed E-state index contributed by atoms with van der Waals surface area (Å²) in [5.74, 6) is 0.870. The van der Waals surface area contributed by atoms with Crippen LogP contribution >= 0.6 is 0 Å². The summed E-state index contributed by atoms with van der Waals surface area (Å²) in [6.45, 7) is 0. The minimum atomic E-state index is -0.00477. The number of benzene rings is 1. The minimum Gasteiger partial charge on any atom is -0.504 e. The van der Waals surface area contributed by atoms with Crippen LogP contribution in [0.15, 0.2) is 12.1 Å². The van der Waals surface area contributed by atoms with Crippen molar-refractivity contribution in [3.63, 3.8) is 0 Å². The Morgan fingerprint density at radius 2 is 2.07 bits per heavy atom. The molecule has 0 aliphatic rings. The first kappa shape index (κ1) is 10.2. The molecule has 0 amide bonds. The Kier molecular flexibility index (Phi) is 3.19. The number of methoxy groups -OCH3 is 2. The number of rotatable bonds is 3. The molecule has 0 saturated carbocycles. The molecule has 0 aliphatic heterocycles. The number of nitrogens with zero attached hydrogens (tertiary/aromatic N) is 1. The van der Waals surface area contributed by atoms with Gasteiger partial charge in [-0.05, 0) is 6.07 Å². The Morgan fingerprint density at radius 1 is 1.36 bits per heavy atom. The van der Waals surface area contributed by atoms with Crippen LogP contribution in [0.25, 0.3) is 0 Å². The largest absolute Gasteiger partial charge is 0.504 e. The van der Waals surface area contributed by atoms with Gasteiger partial charge < -0.3 is 14.6 Å². The van der Waals surface area contributed by atoms with Crippen molar-refractivity contribution in [2.24, 2.45) is 0 Å². The van der Waals surface area contributed by atoms with Crippen LogP contribution in [-0.4, -0.2) is 19.3 Å². The molecule has 14 heavy (non-hydrogen) atoms. The summed E-state index contributed by atoms with van der Waals surface area (Å²) in [4.78, 5) is 0. The summed E-state index contributed by atoms with van der Waals surface area (Å²) in [5, 5.41) is 18.1. The van der Waals surface area contributed by atoms with Crippen LogP contribution in [0.2, 0.25) is 0 Å². The number of hydrogen-bond acceptors (Lipinski definition) is 4. The smallest absolute Gasteiger partial charge is 0.164 e. The lowest BCUT2D eigenvalue weighted by atomic mass is 10.1. The van der Waals surface area contributed by atoms with Crippen LogP contribution in [0.5, 0.6) is 17.2 Å². The number of phenolic OH excluding ortho intramolecular Hbond substituents is 1. The molecule has 4 heteroatoms. The quantitative estimate of drug-likeness (QED) is 0.789. The van der Waals surface area contributed by atoms with Crippen LogP contribution < -0.4 is 9.47 Å². The van der Waals surface area contributed by atoms with Gasteiger partial charge in [-0.25, -0.2) is 0 Å². The van der Waals surface area contributed by atoms with Gasteiger partial charge in [0.25, 0.3) is 0 Å². The molecule has 0 radical (unpaired) electrons. The number of ether oxygens (including phenoxy) is 2. The van der Waals surface area contributed by atoms with E-state index in [0.29, 0.717) is 17.1 Å². The van der Waals surface area contributed by atoms with E-state index in [2.05, 4.69) is 0 Å². The van der Waals surface area contributed by atoms with E-state index in [0.717, 1.165) is 0 Å². The normalized spacial score (nSPS) is 9.21. The van der Waals surface area contributed by atoms with Crippen molar-refractivity contribution in [1.29, 1.82) is 5.26 Å². The average molecular weight is 193 g/mol. The van der Waals surface area contributed by atoms with Gasteiger partial charge in [-0.2, -0.15) is 5.26 Å². The molecule has 74 valence electrons. The molecule has 1 N–H and O–H groups in total. The molecular weight excluding hydrogens is 182 g/mol. The second kappa shape index (κ2) is 4.38. The summed E-state index contributed by atoms with van der Waals surface area (Å²) in [5.41, 5.74) is 0.503. The highest BCUT2D eigenvalue weighted by atomic mass is 16.5. The highest BCUT2D eigenvalue weighted by Crippen LogP contribution is 2.34. The van der Waals surface area contributed by atoms with Crippen molar-refractivity contribution in [2.45, 2.75) is 6.42 Å². The number of nitriles is 1. The van der Waals surface area contributed by atoms with Crippen LogP contribution in [-0.2, 0) is 6.42 Å². The van der Waals surface area contributed by atoms with Crippen LogP contribution in [0.1, 0.15) is 5.56 Å². The van der Waals surface area contributed by atoms with E-state index in [1.807, 2.05) is 6.07 Å². The summed E-state index contributed by atoms with van der Waals surface area (Å²) in [6.07, 6.45) is 0.124. The Labute approximate surface area is 82.3 Å². The van der Waals surface area contributed by atoms with E-state index in [1.165, 1.54) is 14.2 Å². The third kappa shape index (κ3) is 1.88. The van der Waals surface area contributed by atoms with Crippen LogP contribution in [0, 0.1) is 11.3 Å². The van der Waals surface area contributed by atoms with E-state index < -0.39 is 0 Å². The lowest BCUT2D eigenvalue weighted by molar-refractivity contribution is 0.362. The molecule has 1 rings (SSSR count). The first-order chi connectivity index (χ1) is 6.72. The Bertz CT molecular complexity index is 368. The SMILES string of the molecule is COc1cc(CC#N)c(O)c(OC)c1. The average Bonchev–Trinajstić information content (AvgIpc) is 2.21. The molecule has 4 nitrogen and oxygen atoms in total. The van der Waals surface area contributed by atoms with E-state index in [4.69, 9.17) is 14.7 Å². The van der Waals surface area contributed by atoms with Crippen molar-refractivity contribution in [3.8, 4) is 23.3 Å². The molecule has 0 bridgehead atoms. The van der Waals surface area contributed by atoms with Gasteiger partial charge >= 0.3 is 0 Å². The first-order valence-electron chi connectivity index (χ1n) is 4.03. The highest BCUT2D eigenvalue weighted by Gasteiger charge is 2.10. The maximum absolute atomic E-state index is 9.61. The molecule has 0 saturated heterocycles. The molecule has 1 aromatic carbocycles. The topological polar surface area (TPSA) is 62.5 Å². The molecule has 0 fully saturated rings. The fourth-order valence-electron chi connectivity index (χ4n) is 1.13. The molecule has 0 aliphatic carbocycles. The van der Waals surface area contributed by atoms with E-state index in [-0.39, 0.29) is 12.2 Å². The lowest BCUT2D eigenvalue weighted by Gasteiger charge is -2.09. The summed E-state index contributed by atoms with van der Waals surface area (Å²) in [7, 11) is 2.96. The monoisotopic (exact) mass is 193 g/mol. The minimum absolute atomic E-state index is 0.00477. The molecule has 0 aromatic heterocycles. The Hall–Kier alpha value is -1.89. The molecule has 0 atom stereocenters. The van der Waals surface area contributed by atoms with Gasteiger partial charge in [-0.15, -0.1) is 0 Å². The summed E-state index contributed by atoms with van der Waals surface area (Å²) >= 11 is 0. The summed E-state index contributed by atoms with van der Waals surface area (Å²) < 4.78 is 9.93. The number of phenols is 1. The first-order valence-corrected chi connectivity index (χ1v) is 4.03. The number of aromatic hydroxyl groups is 1. The zero-order valence-electron chi connectivity index (χ0n) is 8.07. The van der Waals surface area contributed by atoms with E-state index in [1.54, 1.807) is 12.1 Å². The third-order valence-corrected chi connectivity index (χ3v) is 1.85. The van der Waals surface area contributed by atoms with Crippen molar-refractivity contribution in [3.05, 3.63) is 17.7 Å². The zero-order valence-corrected chi connectivity index (χ0v) is 8.07. The Balaban J connectivity index is 3.21. The molecule has 1 aromatic rings. The maximum atomic E-state index is 9.61. The summed E-state index contributed by atoms with van der Waals surface area (Å²) in [6, 6.07) is 5.13. The maximum Gasteiger partial charge on any atom is 0.164 e. The van der Waals surface area contributed by atoms with Crippen LogP contribution in [0.4, 0.5) is 0 Å². The fourth-order valence-corrected chi connectivity index (χ4v) is 1.13. The van der Waals surface area contributed by atoms with Gasteiger partial charge in [0.2, 0.25) is 0 Å². The predicted molar refractivity (Wildman–Crippen MR) is 50.5 cm³/mol. The van der Waals surface area contributed by atoms with Crippen LogP contribution in [0.3, 0.4) is 0 Å². The lowest BCUT2D eigenvalue weighted by Crippen LogP contribution is -1.92. The van der Waals surface area contributed by atoms with E-state index in [9.17, 15) is 5.11 Å². The Morgan fingerprint density at radius 3 is 2.57 bits per heavy atom. The third-order valence-electron chi connectivity index (χ3n) is 1.85. The van der Waals surface area contributed by atoms with Crippen molar-refractivity contribution >= 4 is 0 Å². The second-order valence-corrected chi connectivity index (χ2v) is 2.67. The number of hydrogen-bond donors (Lipinski definition) is 1. The van der Waals surface area contributed by atoms with Crippen molar-refractivity contribution in [1.82, 2.24) is 0 Å². The standard InChI is InChI=1S/C10H11NO3/c1-13-8-5-7(3-4-11)10(12)9(6-8)14-2/h5-6,12H,3H2,1-2H3. The zero-order chi connectivity index (χ0) is 10.6. The predicted octanol–water partition coefficient (Wildman–Crippen LogP) is 1.48. The molecule has 0 heterocycles.